The smallest absolute Gasteiger partial charge is 0.344 e. The van der Waals surface area contributed by atoms with Crippen LogP contribution in [-0.4, -0.2) is 91.5 Å². The Hall–Kier alpha value is -8.53. The van der Waals surface area contributed by atoms with Crippen molar-refractivity contribution in [2.75, 3.05) is 33.0 Å². The van der Waals surface area contributed by atoms with Gasteiger partial charge in [0.2, 0.25) is 0 Å². The third-order valence-electron chi connectivity index (χ3n) is 27.3. The molecule has 0 saturated heterocycles. The molecule has 12 rings (SSSR count). The Labute approximate surface area is 897 Å². The standard InChI is InChI=1S/C28H42O4.C24H34O3.C19H28O3.C16H24O3.C15H24O.C14H22O.14CH4/c1-7-21(3)25-11-15-27(16-12-25)31-23(5)29-19-9-10-20-30-24(6)32-28-17-13-26(14-18-28)22(4)8-2;1-4-16(3)19-6-8-22(9-7-19)26-15-23(25)27-24(5-2)20-11-17-10-18(13-20)14-21(24)12-17;1-4-15(3)16-8-10-17(11-9-16)21-14-18(20)22-19(5-2)12-6-7-13-19;1-6-12(2)13-7-9-14(10-8-13)18-11-15(17)19-16(3,4)5;1-6-12(3)13-8-10-14(11-9-13)16-15(4,5)7-2;1-6-11(2)12-7-9-13(10-8-12)15-14(3,4)5;;;;;;;;;;;;;;/h11-18,21-24H,7-10,19-20H2,1-6H3;6-9,16-18,20-21H,4-5,10-15H2,1-3H3;8-11,15H,4-7,12-14H2,1-3H3;7-10,12H,6,11H2,1-5H3;8-12H,6-7H2,1-5H3;7-11H,6H2,1-5H3;14*1H4. The van der Waals surface area contributed by atoms with Crippen molar-refractivity contribution in [3.63, 3.8) is 0 Å². The van der Waals surface area contributed by atoms with E-state index in [4.69, 9.17) is 56.8 Å². The zero-order valence-corrected chi connectivity index (χ0v) is 86.2. The van der Waals surface area contributed by atoms with Gasteiger partial charge < -0.3 is 56.8 Å². The van der Waals surface area contributed by atoms with Gasteiger partial charge in [0.1, 0.15) is 68.3 Å². The third kappa shape index (κ3) is 54.5. The van der Waals surface area contributed by atoms with Crippen LogP contribution in [0.4, 0.5) is 0 Å². The molecule has 0 amide bonds. The molecule has 15 nitrogen and oxygen atoms in total. The molecule has 0 aromatic heterocycles. The van der Waals surface area contributed by atoms with Gasteiger partial charge in [-0.05, 0) is 393 Å². The number of unbranched alkanes of at least 4 members (excludes halogenated alkanes) is 1. The van der Waals surface area contributed by atoms with E-state index in [1.165, 1.54) is 83.9 Å². The molecule has 15 heteroatoms. The first-order valence-corrected chi connectivity index (χ1v) is 50.4. The minimum atomic E-state index is -0.471. The van der Waals surface area contributed by atoms with Gasteiger partial charge in [0.15, 0.2) is 32.4 Å². The summed E-state index contributed by atoms with van der Waals surface area (Å²) >= 11 is 0. The molecule has 5 saturated carbocycles. The van der Waals surface area contributed by atoms with Crippen LogP contribution in [0.25, 0.3) is 0 Å². The molecule has 0 heterocycles. The largest absolute Gasteiger partial charge is 0.488 e. The molecule has 0 N–H and O–H groups in total. The van der Waals surface area contributed by atoms with Gasteiger partial charge in [0.25, 0.3) is 0 Å². The number of carbonyl (C=O) groups is 3. The van der Waals surface area contributed by atoms with E-state index in [1.807, 2.05) is 107 Å². The highest BCUT2D eigenvalue weighted by Gasteiger charge is 2.58. The molecule has 145 heavy (non-hydrogen) atoms. The quantitative estimate of drug-likeness (QED) is 0.0154. The predicted molar refractivity (Wildman–Crippen MR) is 633 cm³/mol. The van der Waals surface area contributed by atoms with Crippen LogP contribution in [0, 0.1) is 23.7 Å². The van der Waals surface area contributed by atoms with E-state index in [0.717, 1.165) is 136 Å². The second kappa shape index (κ2) is 77.8. The molecule has 5 aliphatic rings. The fourth-order valence-electron chi connectivity index (χ4n) is 17.4. The summed E-state index contributed by atoms with van der Waals surface area (Å²) < 4.78 is 68.7. The minimum Gasteiger partial charge on any atom is -0.488 e. The van der Waals surface area contributed by atoms with Gasteiger partial charge in [-0.15, -0.1) is 0 Å². The first kappa shape index (κ1) is 154. The Morgan fingerprint density at radius 3 is 0.793 bits per heavy atom. The lowest BCUT2D eigenvalue weighted by Crippen LogP contribution is -2.59. The Bertz CT molecular complexity index is 4200. The van der Waals surface area contributed by atoms with E-state index in [-0.39, 0.29) is 177 Å². The van der Waals surface area contributed by atoms with Crippen molar-refractivity contribution >= 4 is 17.9 Å². The maximum atomic E-state index is 12.6. The number of benzene rings is 7. The molecule has 5 fully saturated rings. The number of ether oxygens (including phenoxy) is 12. The van der Waals surface area contributed by atoms with Crippen molar-refractivity contribution in [1.29, 1.82) is 0 Å². The van der Waals surface area contributed by atoms with Crippen LogP contribution in [0.5, 0.6) is 40.2 Å². The van der Waals surface area contributed by atoms with Crippen molar-refractivity contribution in [2.24, 2.45) is 23.7 Å². The second-order valence-electron chi connectivity index (χ2n) is 40.2. The summed E-state index contributed by atoms with van der Waals surface area (Å²) in [5, 5.41) is 0. The van der Waals surface area contributed by atoms with Crippen LogP contribution in [0.1, 0.15) is 506 Å². The summed E-state index contributed by atoms with van der Waals surface area (Å²) in [6.07, 6.45) is 22.8. The molecule has 9 atom stereocenters. The van der Waals surface area contributed by atoms with Crippen LogP contribution >= 0.6 is 0 Å². The molecule has 4 bridgehead atoms. The fourth-order valence-corrected chi connectivity index (χ4v) is 17.4. The monoisotopic (exact) mass is 2030 g/mol. The van der Waals surface area contributed by atoms with Crippen molar-refractivity contribution in [2.45, 2.75) is 508 Å². The van der Waals surface area contributed by atoms with Crippen molar-refractivity contribution in [3.05, 3.63) is 209 Å². The molecule has 840 valence electrons. The van der Waals surface area contributed by atoms with Crippen LogP contribution in [-0.2, 0) is 38.1 Å². The Morgan fingerprint density at radius 1 is 0.303 bits per heavy atom. The SMILES string of the molecule is C.C.C.C.C.C.C.C.C.C.C.C.C.C.CCC(C)c1ccc(OC(C)(C)C)cc1.CCC(C)c1ccc(OC(C)(C)CC)cc1.CCC(C)c1ccc(OC(C)OCCCCOC(C)Oc2ccc(C(C)CC)cc2)cc1.CCC(C)c1ccc(OCC(=O)OC(C)(C)C)cc1.CCC(C)c1ccc(OCC(=O)OC2(CC)C3CC4CC(C3)CC2C4)cc1.CCC(C)c1ccc(OCC(=O)OC2(CC)CCCC2)cc1. The number of hydrogen-bond acceptors (Lipinski definition) is 15. The Morgan fingerprint density at radius 2 is 0.552 bits per heavy atom. The summed E-state index contributed by atoms with van der Waals surface area (Å²) in [5.74, 6) is 11.9. The third-order valence-corrected chi connectivity index (χ3v) is 27.3. The number of rotatable bonds is 42. The summed E-state index contributed by atoms with van der Waals surface area (Å²) in [6, 6.07) is 57.6. The molecule has 9 unspecified atom stereocenters. The van der Waals surface area contributed by atoms with Gasteiger partial charge in [-0.2, -0.15) is 0 Å². The van der Waals surface area contributed by atoms with Gasteiger partial charge >= 0.3 is 17.9 Å². The lowest BCUT2D eigenvalue weighted by atomic mass is 9.49. The van der Waals surface area contributed by atoms with Gasteiger partial charge in [-0.3, -0.25) is 0 Å². The summed E-state index contributed by atoms with van der Waals surface area (Å²) in [5.41, 5.74) is 8.24. The van der Waals surface area contributed by atoms with Gasteiger partial charge in [-0.25, -0.2) is 14.4 Å². The zero-order chi connectivity index (χ0) is 96.5. The molecule has 0 spiro atoms. The Balaban J connectivity index is -0.000000218. The van der Waals surface area contributed by atoms with Gasteiger partial charge in [-0.1, -0.05) is 307 Å². The van der Waals surface area contributed by atoms with Crippen LogP contribution in [0.15, 0.2) is 170 Å². The summed E-state index contributed by atoms with van der Waals surface area (Å²) in [4.78, 5) is 36.2. The normalized spacial score (nSPS) is 17.2. The predicted octanol–water partition coefficient (Wildman–Crippen LogP) is 40.2. The summed E-state index contributed by atoms with van der Waals surface area (Å²) in [7, 11) is 0. The molecule has 7 aromatic rings. The molecule has 0 radical (unpaired) electrons. The minimum absolute atomic E-state index is 0. The van der Waals surface area contributed by atoms with Crippen LogP contribution < -0.4 is 33.2 Å². The van der Waals surface area contributed by atoms with E-state index in [1.54, 1.807) is 0 Å². The first-order chi connectivity index (χ1) is 62.3. The molecule has 5 aliphatic carbocycles. The van der Waals surface area contributed by atoms with Crippen LogP contribution in [0.2, 0.25) is 0 Å². The van der Waals surface area contributed by atoms with Crippen molar-refractivity contribution < 1.29 is 71.2 Å². The fraction of sp³-hybridized carbons (Fsp3) is 0.654. The molecule has 0 aliphatic heterocycles. The van der Waals surface area contributed by atoms with E-state index in [0.29, 0.717) is 72.2 Å². The van der Waals surface area contributed by atoms with Crippen LogP contribution in [0.3, 0.4) is 0 Å². The van der Waals surface area contributed by atoms with E-state index < -0.39 is 5.60 Å². The van der Waals surface area contributed by atoms with E-state index in [9.17, 15) is 14.4 Å². The highest BCUT2D eigenvalue weighted by molar-refractivity contribution is 5.72. The number of esters is 3. The van der Waals surface area contributed by atoms with Crippen molar-refractivity contribution in [3.8, 4) is 40.2 Å². The maximum Gasteiger partial charge on any atom is 0.344 e. The Kier molecular flexibility index (Phi) is 82.7. The maximum absolute atomic E-state index is 12.6. The molecular weight excluding hydrogens is 1800 g/mol. The van der Waals surface area contributed by atoms with Gasteiger partial charge in [0, 0.05) is 0 Å². The van der Waals surface area contributed by atoms with Gasteiger partial charge in [0.05, 0.1) is 13.2 Å². The zero-order valence-electron chi connectivity index (χ0n) is 86.2. The topological polar surface area (TPSA) is 162 Å². The lowest BCUT2D eigenvalue weighted by Gasteiger charge is -2.60. The highest BCUT2D eigenvalue weighted by Crippen LogP contribution is 2.61. The summed E-state index contributed by atoms with van der Waals surface area (Å²) in [6.45, 7) is 58.5. The van der Waals surface area contributed by atoms with E-state index in [2.05, 4.69) is 249 Å². The molecule has 7 aromatic carbocycles. The average molecular weight is 2030 g/mol. The first-order valence-electron chi connectivity index (χ1n) is 50.4. The number of carbonyl (C=O) groups excluding carboxylic acids is 3. The lowest BCUT2D eigenvalue weighted by molar-refractivity contribution is -0.212. The second-order valence-corrected chi connectivity index (χ2v) is 40.2. The van der Waals surface area contributed by atoms with Crippen molar-refractivity contribution in [1.82, 2.24) is 0 Å². The van der Waals surface area contributed by atoms with E-state index >= 15 is 0 Å². The number of hydrogen-bond donors (Lipinski definition) is 0. The average Bonchev–Trinajstić information content (AvgIpc) is 0.831. The molecular formula is C130H230O15. The highest BCUT2D eigenvalue weighted by atomic mass is 16.7.